The fourth-order valence-electron chi connectivity index (χ4n) is 9.49. The largest absolute Gasteiger partial charge is 0.756 e. The van der Waals surface area contributed by atoms with Crippen molar-refractivity contribution in [1.29, 1.82) is 0 Å². The lowest BCUT2D eigenvalue weighted by Gasteiger charge is -2.30. The Bertz CT molecular complexity index is 1640. The number of nitrogens with zero attached hydrogens (tertiary/aromatic N) is 1. The molecule has 3 unspecified atom stereocenters. The quantitative estimate of drug-likeness (QED) is 0.0212. The Hall–Kier alpha value is -2.81. The maximum absolute atomic E-state index is 13.6. The first-order valence-corrected chi connectivity index (χ1v) is 34.9. The number of rotatable bonds is 60. The average molecular weight is 1140 g/mol. The number of phosphoric acid groups is 1. The van der Waals surface area contributed by atoms with E-state index in [2.05, 4.69) is 92.9 Å². The molecular weight excluding hydrogens is 1010 g/mol. The van der Waals surface area contributed by atoms with Crippen molar-refractivity contribution in [2.24, 2.45) is 0 Å². The number of likely N-dealkylation sites (N-methyl/N-ethyl adjacent to an activating group) is 1. The second-order valence-electron chi connectivity index (χ2n) is 23.6. The first kappa shape index (κ1) is 77.2. The summed E-state index contributed by atoms with van der Waals surface area (Å²) in [7, 11) is 1.15. The molecular formula is C70H127N2O7P. The summed E-state index contributed by atoms with van der Waals surface area (Å²) in [6, 6.07) is -0.921. The number of unbranched alkanes of at least 4 members (excludes halogenated alkanes) is 32. The van der Waals surface area contributed by atoms with Gasteiger partial charge in [0.2, 0.25) is 5.91 Å². The van der Waals surface area contributed by atoms with Gasteiger partial charge in [0.1, 0.15) is 19.3 Å². The van der Waals surface area contributed by atoms with Gasteiger partial charge in [0, 0.05) is 12.8 Å². The van der Waals surface area contributed by atoms with Crippen LogP contribution in [0.5, 0.6) is 0 Å². The number of hydrogen-bond donors (Lipinski definition) is 1. The van der Waals surface area contributed by atoms with Crippen molar-refractivity contribution >= 4 is 19.7 Å². The van der Waals surface area contributed by atoms with Gasteiger partial charge in [-0.1, -0.05) is 299 Å². The molecule has 80 heavy (non-hydrogen) atoms. The molecule has 0 bridgehead atoms. The molecule has 3 atom stereocenters. The lowest BCUT2D eigenvalue weighted by Crippen LogP contribution is -2.47. The summed E-state index contributed by atoms with van der Waals surface area (Å²) >= 11 is 0. The maximum Gasteiger partial charge on any atom is 0.306 e. The number of quaternary nitrogens is 1. The lowest BCUT2D eigenvalue weighted by molar-refractivity contribution is -0.870. The van der Waals surface area contributed by atoms with E-state index in [9.17, 15) is 19.0 Å². The third-order valence-electron chi connectivity index (χ3n) is 14.6. The van der Waals surface area contributed by atoms with Crippen LogP contribution in [-0.2, 0) is 27.9 Å². The van der Waals surface area contributed by atoms with Crippen LogP contribution in [0.25, 0.3) is 0 Å². The van der Waals surface area contributed by atoms with Crippen molar-refractivity contribution in [1.82, 2.24) is 5.32 Å². The summed E-state index contributed by atoms with van der Waals surface area (Å²) in [6.45, 7) is 6.71. The Balaban J connectivity index is 5.22. The Morgan fingerprint density at radius 3 is 1.20 bits per heavy atom. The number of ether oxygens (including phenoxy) is 1. The summed E-state index contributed by atoms with van der Waals surface area (Å²) in [5.41, 5.74) is 0. The van der Waals surface area contributed by atoms with Crippen LogP contribution in [0.2, 0.25) is 0 Å². The molecule has 0 saturated heterocycles. The van der Waals surface area contributed by atoms with Crippen molar-refractivity contribution < 1.29 is 37.3 Å². The molecule has 0 spiro atoms. The van der Waals surface area contributed by atoms with Crippen LogP contribution in [0.3, 0.4) is 0 Å². The molecule has 0 saturated carbocycles. The highest BCUT2D eigenvalue weighted by Crippen LogP contribution is 2.38. The first-order chi connectivity index (χ1) is 38.9. The van der Waals surface area contributed by atoms with Crippen LogP contribution in [0.1, 0.15) is 297 Å². The van der Waals surface area contributed by atoms with Crippen molar-refractivity contribution in [3.05, 3.63) is 85.1 Å². The molecule has 9 nitrogen and oxygen atoms in total. The fraction of sp³-hybridized carbons (Fsp3) is 0.771. The normalized spacial score (nSPS) is 14.1. The SMILES string of the molecule is CC/C=C\C/C=C\C/C=C\C/C=C\C/C=C\C/C=C\CCC(=O)OC(/C=C/CCCCCCCCCCCC)C(COP(=O)([O-])OCC[N+](C)(C)C)NC(=O)CCCCCCCCCCCCCCCCCCCCCCCCC. The minimum atomic E-state index is -4.72. The predicted octanol–water partition coefficient (Wildman–Crippen LogP) is 20.3. The number of amides is 1. The van der Waals surface area contributed by atoms with Crippen molar-refractivity contribution in [3.8, 4) is 0 Å². The molecule has 464 valence electrons. The van der Waals surface area contributed by atoms with E-state index in [1.54, 1.807) is 0 Å². The van der Waals surface area contributed by atoms with E-state index in [4.69, 9.17) is 13.8 Å². The minimum Gasteiger partial charge on any atom is -0.756 e. The molecule has 0 radical (unpaired) electrons. The van der Waals surface area contributed by atoms with Gasteiger partial charge in [0.05, 0.1) is 33.8 Å². The molecule has 0 aliphatic rings. The molecule has 10 heteroatoms. The topological polar surface area (TPSA) is 114 Å². The van der Waals surface area contributed by atoms with Crippen LogP contribution >= 0.6 is 7.82 Å². The summed E-state index contributed by atoms with van der Waals surface area (Å²) in [5, 5.41) is 3.02. The van der Waals surface area contributed by atoms with Crippen molar-refractivity contribution in [2.45, 2.75) is 309 Å². The molecule has 1 N–H and O–H groups in total. The van der Waals surface area contributed by atoms with Crippen molar-refractivity contribution in [2.75, 3.05) is 40.9 Å². The number of phosphoric ester groups is 1. The number of nitrogens with one attached hydrogen (secondary N) is 1. The Morgan fingerprint density at radius 2 is 0.812 bits per heavy atom. The van der Waals surface area contributed by atoms with Crippen LogP contribution in [-0.4, -0.2) is 69.4 Å². The summed E-state index contributed by atoms with van der Waals surface area (Å²) in [6.07, 6.45) is 78.7. The number of esters is 1. The number of carbonyl (C=O) groups is 2. The Kier molecular flexibility index (Phi) is 57.3. The minimum absolute atomic E-state index is 0.0351. The number of hydrogen-bond acceptors (Lipinski definition) is 7. The van der Waals surface area contributed by atoms with Crippen LogP contribution in [0, 0.1) is 0 Å². The van der Waals surface area contributed by atoms with Gasteiger partial charge in [0.25, 0.3) is 7.82 Å². The zero-order valence-corrected chi connectivity index (χ0v) is 53.9. The second-order valence-corrected chi connectivity index (χ2v) is 25.0. The fourth-order valence-corrected chi connectivity index (χ4v) is 10.2. The highest BCUT2D eigenvalue weighted by molar-refractivity contribution is 7.45. The van der Waals surface area contributed by atoms with Gasteiger partial charge in [-0.15, -0.1) is 0 Å². The highest BCUT2D eigenvalue weighted by atomic mass is 31.2. The van der Waals surface area contributed by atoms with Crippen LogP contribution in [0.15, 0.2) is 85.1 Å². The molecule has 0 fully saturated rings. The number of carbonyl (C=O) groups excluding carboxylic acids is 2. The van der Waals surface area contributed by atoms with Crippen molar-refractivity contribution in [3.63, 3.8) is 0 Å². The molecule has 0 aliphatic carbocycles. The zero-order valence-electron chi connectivity index (χ0n) is 53.0. The third-order valence-corrected chi connectivity index (χ3v) is 15.6. The van der Waals surface area contributed by atoms with E-state index in [0.717, 1.165) is 77.0 Å². The van der Waals surface area contributed by atoms with Gasteiger partial charge >= 0.3 is 5.97 Å². The molecule has 0 aromatic heterocycles. The van der Waals surface area contributed by atoms with E-state index in [-0.39, 0.29) is 18.9 Å². The van der Waals surface area contributed by atoms with E-state index < -0.39 is 32.5 Å². The summed E-state index contributed by atoms with van der Waals surface area (Å²) in [4.78, 5) is 40.0. The van der Waals surface area contributed by atoms with Crippen LogP contribution in [0.4, 0.5) is 0 Å². The molecule has 0 heterocycles. The maximum atomic E-state index is 13.6. The predicted molar refractivity (Wildman–Crippen MR) is 344 cm³/mol. The second kappa shape index (κ2) is 59.4. The first-order valence-electron chi connectivity index (χ1n) is 33.4. The van der Waals surface area contributed by atoms with Crippen LogP contribution < -0.4 is 10.2 Å². The molecule has 1 amide bonds. The summed E-state index contributed by atoms with van der Waals surface area (Å²) < 4.78 is 30.3. The van der Waals surface area contributed by atoms with Gasteiger partial charge in [0.15, 0.2) is 0 Å². The van der Waals surface area contributed by atoms with Gasteiger partial charge < -0.3 is 28.5 Å². The lowest BCUT2D eigenvalue weighted by atomic mass is 10.0. The van der Waals surface area contributed by atoms with Gasteiger partial charge in [-0.05, 0) is 70.3 Å². The smallest absolute Gasteiger partial charge is 0.306 e. The van der Waals surface area contributed by atoms with E-state index in [1.165, 1.54) is 180 Å². The molecule has 0 aromatic rings. The van der Waals surface area contributed by atoms with E-state index >= 15 is 0 Å². The Morgan fingerprint density at radius 1 is 0.450 bits per heavy atom. The highest BCUT2D eigenvalue weighted by Gasteiger charge is 2.27. The van der Waals surface area contributed by atoms with Gasteiger partial charge in [-0.25, -0.2) is 0 Å². The van der Waals surface area contributed by atoms with E-state index in [1.807, 2.05) is 39.4 Å². The van der Waals surface area contributed by atoms with E-state index in [0.29, 0.717) is 23.9 Å². The molecule has 0 aliphatic heterocycles. The monoisotopic (exact) mass is 1140 g/mol. The Labute approximate surface area is 495 Å². The summed E-state index contributed by atoms with van der Waals surface area (Å²) in [5.74, 6) is -0.632. The standard InChI is InChI=1S/C70H127N2O7P/c1-7-10-13-16-19-22-25-28-30-32-34-35-36-37-39-40-42-44-47-50-53-56-59-62-69(73)71-67(66-78-80(75,76)77-65-64-72(4,5)6)68(61-58-55-52-49-46-27-24-21-18-15-12-9-3)79-70(74)63-60-57-54-51-48-45-43-41-38-33-31-29-26-23-20-17-14-11-8-2/h11,14,20,23,29,31,38,41,45,48,54,57-58,61,67-68H,7-10,12-13,15-19,21-22,24-28,30,32-37,39-40,42-44,46-47,49-53,55-56,59-60,62-66H2,1-6H3,(H-,71,73,75,76)/b14-11-,23-20-,31-29-,41-38-,48-45-,57-54-,61-58+. The zero-order chi connectivity index (χ0) is 58.6. The molecule has 0 aromatic carbocycles. The number of allylic oxidation sites excluding steroid dienone is 13. The third kappa shape index (κ3) is 59.8. The van der Waals surface area contributed by atoms with Gasteiger partial charge in [-0.3, -0.25) is 14.2 Å². The van der Waals surface area contributed by atoms with Gasteiger partial charge in [-0.2, -0.15) is 0 Å². The average Bonchev–Trinajstić information content (AvgIpc) is 3.43. The molecule has 0 rings (SSSR count).